The first kappa shape index (κ1) is 20.0. The molecule has 9 nitrogen and oxygen atoms in total. The summed E-state index contributed by atoms with van der Waals surface area (Å²) in [6.45, 7) is 0. The van der Waals surface area contributed by atoms with Crippen LogP contribution in [0.1, 0.15) is 5.76 Å². The Balaban J connectivity index is 1.39. The van der Waals surface area contributed by atoms with Crippen LogP contribution in [0.15, 0.2) is 74.8 Å². The number of fused-ring (bicyclic) bond motifs is 1. The molecule has 0 spiro atoms. The second-order valence-corrected chi connectivity index (χ2v) is 7.36. The summed E-state index contributed by atoms with van der Waals surface area (Å²) >= 11 is 12.3. The summed E-state index contributed by atoms with van der Waals surface area (Å²) in [5.74, 6) is 1.83. The molecule has 158 valence electrons. The number of hydrogen-bond acceptors (Lipinski definition) is 9. The van der Waals surface area contributed by atoms with Gasteiger partial charge in [-0.05, 0) is 52.8 Å². The van der Waals surface area contributed by atoms with Gasteiger partial charge in [0.25, 0.3) is 0 Å². The lowest BCUT2D eigenvalue weighted by Gasteiger charge is -2.09. The molecule has 2 N–H and O–H groups in total. The molecule has 11 heteroatoms. The molecule has 0 aliphatic carbocycles. The highest BCUT2D eigenvalue weighted by Gasteiger charge is 2.13. The Labute approximate surface area is 191 Å². The van der Waals surface area contributed by atoms with Gasteiger partial charge in [-0.3, -0.25) is 5.43 Å². The molecule has 0 unspecified atom stereocenters. The molecule has 2 aromatic carbocycles. The molecule has 3 aromatic heterocycles. The maximum Gasteiger partial charge on any atom is 0.245 e. The zero-order valence-corrected chi connectivity index (χ0v) is 17.7. The highest BCUT2D eigenvalue weighted by molar-refractivity contribution is 6.33. The summed E-state index contributed by atoms with van der Waals surface area (Å²) in [6.07, 6.45) is 1.51. The van der Waals surface area contributed by atoms with Gasteiger partial charge in [0, 0.05) is 16.3 Å². The number of benzene rings is 2. The summed E-state index contributed by atoms with van der Waals surface area (Å²) in [7, 11) is 0. The number of aromatic nitrogens is 4. The van der Waals surface area contributed by atoms with Crippen LogP contribution in [0.2, 0.25) is 10.0 Å². The van der Waals surface area contributed by atoms with Crippen molar-refractivity contribution >= 4 is 58.0 Å². The quantitative estimate of drug-likeness (QED) is 0.240. The van der Waals surface area contributed by atoms with Crippen LogP contribution in [-0.2, 0) is 0 Å². The number of halogens is 2. The molecule has 5 rings (SSSR count). The summed E-state index contributed by atoms with van der Waals surface area (Å²) in [5.41, 5.74) is 4.84. The number of nitrogens with one attached hydrogen (secondary N) is 2. The van der Waals surface area contributed by atoms with Gasteiger partial charge in [0.1, 0.15) is 11.5 Å². The number of rotatable bonds is 6. The van der Waals surface area contributed by atoms with E-state index in [1.807, 2.05) is 36.4 Å². The Bertz CT molecular complexity index is 1430. The number of anilines is 3. The topological polar surface area (TPSA) is 114 Å². The number of furan rings is 1. The summed E-state index contributed by atoms with van der Waals surface area (Å²) in [4.78, 5) is 8.73. The fraction of sp³-hybridized carbons (Fsp3) is 0. The van der Waals surface area contributed by atoms with E-state index >= 15 is 0 Å². The summed E-state index contributed by atoms with van der Waals surface area (Å²) in [5, 5.41) is 16.0. The van der Waals surface area contributed by atoms with E-state index in [0.717, 1.165) is 5.56 Å². The molecule has 0 aliphatic heterocycles. The molecule has 0 atom stereocenters. The van der Waals surface area contributed by atoms with Crippen molar-refractivity contribution in [1.82, 2.24) is 20.3 Å². The molecule has 3 heterocycles. The second-order valence-electron chi connectivity index (χ2n) is 6.52. The Morgan fingerprint density at radius 2 is 1.69 bits per heavy atom. The van der Waals surface area contributed by atoms with E-state index in [-0.39, 0.29) is 11.3 Å². The Hall–Kier alpha value is -3.95. The van der Waals surface area contributed by atoms with Gasteiger partial charge in [-0.1, -0.05) is 41.4 Å². The first-order chi connectivity index (χ1) is 15.7. The van der Waals surface area contributed by atoms with Crippen molar-refractivity contribution in [2.45, 2.75) is 0 Å². The van der Waals surface area contributed by atoms with Crippen LogP contribution in [0.4, 0.5) is 17.3 Å². The minimum absolute atomic E-state index is 0.235. The minimum Gasteiger partial charge on any atom is -0.455 e. The molecule has 0 radical (unpaired) electrons. The minimum atomic E-state index is 0.235. The normalized spacial score (nSPS) is 11.3. The lowest BCUT2D eigenvalue weighted by molar-refractivity contribution is 0.314. The molecule has 0 bridgehead atoms. The van der Waals surface area contributed by atoms with Crippen molar-refractivity contribution < 1.29 is 9.05 Å². The molecular weight excluding hydrogens is 453 g/mol. The van der Waals surface area contributed by atoms with Crippen molar-refractivity contribution in [3.8, 4) is 11.3 Å². The average molecular weight is 466 g/mol. The highest BCUT2D eigenvalue weighted by atomic mass is 35.5. The first-order valence-electron chi connectivity index (χ1n) is 9.32. The van der Waals surface area contributed by atoms with Crippen LogP contribution >= 0.6 is 23.2 Å². The van der Waals surface area contributed by atoms with Crippen molar-refractivity contribution in [3.05, 3.63) is 76.5 Å². The smallest absolute Gasteiger partial charge is 0.245 e. The van der Waals surface area contributed by atoms with Crippen LogP contribution in [0.3, 0.4) is 0 Å². The van der Waals surface area contributed by atoms with E-state index in [1.165, 1.54) is 6.21 Å². The first-order valence-corrected chi connectivity index (χ1v) is 10.1. The zero-order chi connectivity index (χ0) is 21.9. The van der Waals surface area contributed by atoms with E-state index in [2.05, 4.69) is 36.1 Å². The van der Waals surface area contributed by atoms with E-state index < -0.39 is 0 Å². The number of hydrogen-bond donors (Lipinski definition) is 2. The number of hydrazone groups is 1. The molecule has 32 heavy (non-hydrogen) atoms. The fourth-order valence-electron chi connectivity index (χ4n) is 2.89. The Morgan fingerprint density at radius 3 is 2.50 bits per heavy atom. The van der Waals surface area contributed by atoms with Crippen molar-refractivity contribution in [1.29, 1.82) is 0 Å². The zero-order valence-electron chi connectivity index (χ0n) is 16.2. The molecule has 0 aliphatic rings. The van der Waals surface area contributed by atoms with Crippen molar-refractivity contribution in [3.63, 3.8) is 0 Å². The van der Waals surface area contributed by atoms with Crippen LogP contribution in [0, 0.1) is 0 Å². The van der Waals surface area contributed by atoms with Crippen LogP contribution in [0.5, 0.6) is 0 Å². The van der Waals surface area contributed by atoms with Gasteiger partial charge in [0.15, 0.2) is 11.6 Å². The van der Waals surface area contributed by atoms with E-state index in [9.17, 15) is 0 Å². The van der Waals surface area contributed by atoms with Gasteiger partial charge >= 0.3 is 0 Å². The molecule has 5 aromatic rings. The number of nitrogens with zero attached hydrogens (tertiary/aromatic N) is 5. The van der Waals surface area contributed by atoms with Gasteiger partial charge in [-0.25, -0.2) is 9.61 Å². The van der Waals surface area contributed by atoms with Gasteiger partial charge < -0.3 is 9.73 Å². The van der Waals surface area contributed by atoms with Crippen LogP contribution in [0.25, 0.3) is 22.6 Å². The lowest BCUT2D eigenvalue weighted by Crippen LogP contribution is -2.03. The predicted molar refractivity (Wildman–Crippen MR) is 122 cm³/mol. The van der Waals surface area contributed by atoms with Crippen molar-refractivity contribution in [2.75, 3.05) is 10.7 Å². The largest absolute Gasteiger partial charge is 0.455 e. The SMILES string of the molecule is Clc1cccc(Nc2nc3nonc3nc2N/N=C\c2ccc(-c3ccccc3Cl)o2)c1. The molecule has 0 saturated carbocycles. The molecule has 0 fully saturated rings. The lowest BCUT2D eigenvalue weighted by atomic mass is 10.2. The third-order valence-corrected chi connectivity index (χ3v) is 4.89. The van der Waals surface area contributed by atoms with Crippen LogP contribution in [-0.4, -0.2) is 26.5 Å². The van der Waals surface area contributed by atoms with Crippen LogP contribution < -0.4 is 10.7 Å². The molecular formula is C21H13Cl2N7O2. The third-order valence-electron chi connectivity index (χ3n) is 4.33. The summed E-state index contributed by atoms with van der Waals surface area (Å²) < 4.78 is 10.5. The average Bonchev–Trinajstić information content (AvgIpc) is 3.43. The van der Waals surface area contributed by atoms with E-state index in [1.54, 1.807) is 24.3 Å². The second kappa shape index (κ2) is 8.66. The maximum atomic E-state index is 6.23. The predicted octanol–water partition coefficient (Wildman–Crippen LogP) is 5.77. The fourth-order valence-corrected chi connectivity index (χ4v) is 3.31. The highest BCUT2D eigenvalue weighted by Crippen LogP contribution is 2.29. The molecule has 0 amide bonds. The Kier molecular flexibility index (Phi) is 5.40. The van der Waals surface area contributed by atoms with E-state index in [4.69, 9.17) is 32.2 Å². The van der Waals surface area contributed by atoms with E-state index in [0.29, 0.717) is 38.9 Å². The van der Waals surface area contributed by atoms with Crippen molar-refractivity contribution in [2.24, 2.45) is 5.10 Å². The Morgan fingerprint density at radius 1 is 0.875 bits per heavy atom. The maximum absolute atomic E-state index is 6.23. The monoisotopic (exact) mass is 465 g/mol. The van der Waals surface area contributed by atoms with Gasteiger partial charge in [0.2, 0.25) is 11.3 Å². The van der Waals surface area contributed by atoms with Gasteiger partial charge in [0.05, 0.1) is 11.2 Å². The summed E-state index contributed by atoms with van der Waals surface area (Å²) in [6, 6.07) is 18.2. The third kappa shape index (κ3) is 4.25. The van der Waals surface area contributed by atoms with Gasteiger partial charge in [-0.15, -0.1) is 0 Å². The standard InChI is InChI=1S/C21H13Cl2N7O2/c22-12-4-3-5-13(10-12)25-18-19(27-21-20(26-18)29-32-30-21)28-24-11-14-8-9-17(31-14)15-6-1-2-7-16(15)23/h1-11H,(H,25,26,29)(H,27,28,30)/b24-11-. The molecule has 0 saturated heterocycles. The van der Waals surface area contributed by atoms with Gasteiger partial charge in [-0.2, -0.15) is 10.1 Å².